The number of fused-ring (bicyclic) bond motifs is 1. The van der Waals surface area contributed by atoms with Gasteiger partial charge in [0.1, 0.15) is 18.4 Å². The van der Waals surface area contributed by atoms with E-state index in [2.05, 4.69) is 10.6 Å². The van der Waals surface area contributed by atoms with E-state index in [0.29, 0.717) is 50.6 Å². The summed E-state index contributed by atoms with van der Waals surface area (Å²) < 4.78 is 13.0. The first-order chi connectivity index (χ1) is 16.1. The van der Waals surface area contributed by atoms with Gasteiger partial charge < -0.3 is 19.0 Å². The van der Waals surface area contributed by atoms with Crippen LogP contribution in [0, 0.1) is 16.7 Å². The molecule has 3 N–H and O–H groups in total. The Morgan fingerprint density at radius 3 is 2.73 bits per heavy atom. The number of cyclic esters (lactones) is 1. The van der Waals surface area contributed by atoms with Crippen LogP contribution >= 0.6 is 0 Å². The first kappa shape index (κ1) is 22.2. The van der Waals surface area contributed by atoms with Gasteiger partial charge in [-0.05, 0) is 36.8 Å². The minimum absolute atomic E-state index is 0.340. The van der Waals surface area contributed by atoms with Crippen LogP contribution in [-0.2, 0) is 11.3 Å². The maximum atomic E-state index is 11.8. The van der Waals surface area contributed by atoms with Crippen LogP contribution in [-0.4, -0.2) is 48.3 Å². The van der Waals surface area contributed by atoms with Crippen LogP contribution in [0.3, 0.4) is 0 Å². The largest absolute Gasteiger partial charge is 0.493 e. The zero-order valence-electron chi connectivity index (χ0n) is 18.5. The van der Waals surface area contributed by atoms with E-state index in [-0.39, 0.29) is 6.09 Å². The monoisotopic (exact) mass is 446 g/mol. The van der Waals surface area contributed by atoms with Gasteiger partial charge in [-0.25, -0.2) is 10.6 Å². The maximum absolute atomic E-state index is 11.8. The first-order valence-corrected chi connectivity index (χ1v) is 10.8. The van der Waals surface area contributed by atoms with E-state index in [4.69, 9.17) is 20.7 Å². The van der Waals surface area contributed by atoms with Crippen molar-refractivity contribution in [3.8, 4) is 23.1 Å². The van der Waals surface area contributed by atoms with Crippen LogP contribution < -0.4 is 15.5 Å². The highest BCUT2D eigenvalue weighted by molar-refractivity contribution is 5.96. The van der Waals surface area contributed by atoms with Crippen LogP contribution in [0.4, 0.5) is 10.5 Å². The number of nitrogens with zero attached hydrogens (tertiary/aromatic N) is 4. The Hall–Kier alpha value is -4.03. The van der Waals surface area contributed by atoms with Crippen LogP contribution in [0.2, 0.25) is 0 Å². The molecule has 0 spiro atoms. The highest BCUT2D eigenvalue weighted by atomic mass is 16.6. The van der Waals surface area contributed by atoms with Crippen molar-refractivity contribution in [2.75, 3.05) is 31.2 Å². The minimum Gasteiger partial charge on any atom is -0.493 e. The normalized spacial score (nSPS) is 13.1. The summed E-state index contributed by atoms with van der Waals surface area (Å²) in [4.78, 5) is 13.4. The molecule has 0 atom stereocenters. The molecule has 0 radical (unpaired) electrons. The number of ether oxygens (including phenoxy) is 2. The molecule has 1 aliphatic heterocycles. The molecule has 0 bridgehead atoms. The van der Waals surface area contributed by atoms with Gasteiger partial charge in [0.2, 0.25) is 0 Å². The molecule has 1 aliphatic rings. The molecule has 2 heterocycles. The fourth-order valence-corrected chi connectivity index (χ4v) is 4.09. The van der Waals surface area contributed by atoms with E-state index in [9.17, 15) is 10.1 Å². The van der Waals surface area contributed by atoms with Crippen molar-refractivity contribution in [3.05, 3.63) is 48.0 Å². The number of rotatable bonds is 9. The zero-order chi connectivity index (χ0) is 23.4. The van der Waals surface area contributed by atoms with Crippen LogP contribution in [0.5, 0.6) is 5.75 Å². The molecule has 1 saturated heterocycles. The first-order valence-electron chi connectivity index (χ1n) is 10.8. The van der Waals surface area contributed by atoms with E-state index in [1.54, 1.807) is 4.90 Å². The van der Waals surface area contributed by atoms with E-state index in [1.807, 2.05) is 49.4 Å². The lowest BCUT2D eigenvalue weighted by atomic mass is 10.1. The highest BCUT2D eigenvalue weighted by Gasteiger charge is 2.24. The Kier molecular flexibility index (Phi) is 6.47. The topological polar surface area (TPSA) is 121 Å². The number of aromatic nitrogens is 1. The number of anilines is 1. The number of carbonyl (C=O) groups is 1. The van der Waals surface area contributed by atoms with Crippen molar-refractivity contribution in [1.29, 1.82) is 10.7 Å². The van der Waals surface area contributed by atoms with Crippen molar-refractivity contribution in [2.45, 2.75) is 19.9 Å². The highest BCUT2D eigenvalue weighted by Crippen LogP contribution is 2.36. The van der Waals surface area contributed by atoms with Gasteiger partial charge >= 0.3 is 6.09 Å². The van der Waals surface area contributed by atoms with Crippen molar-refractivity contribution < 1.29 is 14.3 Å². The molecule has 3 aromatic rings. The van der Waals surface area contributed by atoms with Crippen molar-refractivity contribution in [3.63, 3.8) is 0 Å². The average molecular weight is 447 g/mol. The lowest BCUT2D eigenvalue weighted by Gasteiger charge is -2.14. The molecule has 33 heavy (non-hydrogen) atoms. The van der Waals surface area contributed by atoms with Gasteiger partial charge in [-0.15, -0.1) is 0 Å². The third-order valence-electron chi connectivity index (χ3n) is 5.67. The van der Waals surface area contributed by atoms with E-state index >= 15 is 0 Å². The van der Waals surface area contributed by atoms with Gasteiger partial charge in [-0.2, -0.15) is 5.26 Å². The molecule has 0 aliphatic carbocycles. The summed E-state index contributed by atoms with van der Waals surface area (Å²) in [5.74, 6) is 6.30. The van der Waals surface area contributed by atoms with Gasteiger partial charge in [0.15, 0.2) is 0 Å². The standard InChI is InChI=1S/C24H26N6O3/c1-2-29-22-14-19(32-12-3-10-28(27)16-26)8-9-20(22)21(15-25)23(29)17-4-6-18(7-5-17)30-11-13-33-24(30)31/h4-9,14,16,26H,2-3,10-13,27H2,1H3. The number of hydrogen-bond donors (Lipinski definition) is 2. The third-order valence-corrected chi connectivity index (χ3v) is 5.67. The maximum Gasteiger partial charge on any atom is 0.414 e. The van der Waals surface area contributed by atoms with Gasteiger partial charge in [0.25, 0.3) is 0 Å². The number of carbonyl (C=O) groups excluding carboxylic acids is 1. The van der Waals surface area contributed by atoms with Crippen LogP contribution in [0.1, 0.15) is 18.9 Å². The zero-order valence-corrected chi connectivity index (χ0v) is 18.5. The van der Waals surface area contributed by atoms with E-state index in [1.165, 1.54) is 5.01 Å². The van der Waals surface area contributed by atoms with Crippen molar-refractivity contribution >= 4 is 29.0 Å². The van der Waals surface area contributed by atoms with Crippen LogP contribution in [0.25, 0.3) is 22.2 Å². The fourth-order valence-electron chi connectivity index (χ4n) is 4.09. The molecule has 170 valence electrons. The van der Waals surface area contributed by atoms with Crippen molar-refractivity contribution in [1.82, 2.24) is 9.58 Å². The molecule has 0 unspecified atom stereocenters. The molecule has 2 aromatic carbocycles. The summed E-state index contributed by atoms with van der Waals surface area (Å²) in [6.07, 6.45) is 1.42. The molecule has 1 amide bonds. The number of nitrogens with two attached hydrogens (primary N) is 1. The molecule has 0 saturated carbocycles. The number of nitrogens with one attached hydrogen (secondary N) is 1. The number of hydrazine groups is 1. The Labute approximate surface area is 192 Å². The summed E-state index contributed by atoms with van der Waals surface area (Å²) >= 11 is 0. The molecular formula is C24H26N6O3. The number of hydrogen-bond acceptors (Lipinski definition) is 6. The molecule has 9 nitrogen and oxygen atoms in total. The number of nitriles is 1. The Balaban J connectivity index is 1.64. The molecule has 1 fully saturated rings. The number of aryl methyl sites for hydroxylation is 1. The van der Waals surface area contributed by atoms with Gasteiger partial charge in [0, 0.05) is 36.7 Å². The van der Waals surface area contributed by atoms with Gasteiger partial charge in [-0.3, -0.25) is 10.3 Å². The lowest BCUT2D eigenvalue weighted by Crippen LogP contribution is -2.30. The Morgan fingerprint density at radius 2 is 2.09 bits per heavy atom. The number of benzene rings is 2. The summed E-state index contributed by atoms with van der Waals surface area (Å²) in [5.41, 5.74) is 4.05. The minimum atomic E-state index is -0.340. The quantitative estimate of drug-likeness (QED) is 0.170. The Morgan fingerprint density at radius 1 is 1.30 bits per heavy atom. The number of amides is 1. The third kappa shape index (κ3) is 4.33. The van der Waals surface area contributed by atoms with E-state index < -0.39 is 0 Å². The average Bonchev–Trinajstić information content (AvgIpc) is 3.41. The second-order valence-electron chi connectivity index (χ2n) is 7.64. The summed E-state index contributed by atoms with van der Waals surface area (Å²) in [7, 11) is 0. The molecule has 9 heteroatoms. The fraction of sp³-hybridized carbons (Fsp3) is 0.292. The molecule has 1 aromatic heterocycles. The van der Waals surface area contributed by atoms with E-state index in [0.717, 1.165) is 34.2 Å². The molecule has 4 rings (SSSR count). The predicted molar refractivity (Wildman–Crippen MR) is 126 cm³/mol. The summed E-state index contributed by atoms with van der Waals surface area (Å²) in [6, 6.07) is 15.7. The second kappa shape index (κ2) is 9.63. The SMILES string of the molecule is CCn1c(-c2ccc(N3CCOC3=O)cc2)c(C#N)c2ccc(OCCCN(N)C=N)cc21. The second-order valence-corrected chi connectivity index (χ2v) is 7.64. The summed E-state index contributed by atoms with van der Waals surface area (Å²) in [5, 5.41) is 19.2. The molecular weight excluding hydrogens is 420 g/mol. The van der Waals surface area contributed by atoms with Crippen LogP contribution in [0.15, 0.2) is 42.5 Å². The Bertz CT molecular complexity index is 1210. The predicted octanol–water partition coefficient (Wildman–Crippen LogP) is 3.71. The smallest absolute Gasteiger partial charge is 0.414 e. The van der Waals surface area contributed by atoms with Gasteiger partial charge in [0.05, 0.1) is 36.3 Å². The summed E-state index contributed by atoms with van der Waals surface area (Å²) in [6.45, 7) is 4.65. The van der Waals surface area contributed by atoms with Crippen molar-refractivity contribution in [2.24, 2.45) is 5.84 Å². The lowest BCUT2D eigenvalue weighted by molar-refractivity contribution is 0.181. The van der Waals surface area contributed by atoms with Gasteiger partial charge in [-0.1, -0.05) is 12.1 Å².